The predicted octanol–water partition coefficient (Wildman–Crippen LogP) is 5.27. The van der Waals surface area contributed by atoms with E-state index >= 15 is 0 Å². The molecule has 2 amide bonds. The number of ether oxygens (including phenoxy) is 1. The molecule has 2 rings (SSSR count). The number of rotatable bonds is 12. The third-order valence-corrected chi connectivity index (χ3v) is 7.67. The number of amides is 2. The zero-order chi connectivity index (χ0) is 28.7. The Bertz CT molecular complexity index is 1210. The van der Waals surface area contributed by atoms with E-state index in [0.29, 0.717) is 33.5 Å². The van der Waals surface area contributed by atoms with Gasteiger partial charge in [-0.3, -0.25) is 13.9 Å². The van der Waals surface area contributed by atoms with Gasteiger partial charge in [-0.1, -0.05) is 48.3 Å². The minimum absolute atomic E-state index is 0.00252. The van der Waals surface area contributed by atoms with Crippen LogP contribution in [0.2, 0.25) is 10.0 Å². The Balaban J connectivity index is 2.33. The molecular weight excluding hydrogens is 549 g/mol. The maximum Gasteiger partial charge on any atom is 0.243 e. The van der Waals surface area contributed by atoms with Crippen molar-refractivity contribution in [3.05, 3.63) is 58.1 Å². The van der Waals surface area contributed by atoms with E-state index in [2.05, 4.69) is 5.32 Å². The SMILES string of the molecule is CCC(C(=O)NC(C)(C)C)N(Cc1c(Cl)cccc1Cl)C(=O)CCCN(c1ccccc1OC)S(C)(=O)=O. The molecule has 0 bridgehead atoms. The van der Waals surface area contributed by atoms with Crippen LogP contribution in [-0.4, -0.2) is 56.6 Å². The van der Waals surface area contributed by atoms with Crippen molar-refractivity contribution in [1.29, 1.82) is 0 Å². The van der Waals surface area contributed by atoms with E-state index in [0.717, 1.165) is 6.26 Å². The number of halogens is 2. The smallest absolute Gasteiger partial charge is 0.243 e. The molecule has 0 aromatic heterocycles. The van der Waals surface area contributed by atoms with Gasteiger partial charge in [0.2, 0.25) is 21.8 Å². The molecule has 0 spiro atoms. The van der Waals surface area contributed by atoms with E-state index < -0.39 is 21.6 Å². The highest BCUT2D eigenvalue weighted by molar-refractivity contribution is 7.92. The fourth-order valence-electron chi connectivity index (χ4n) is 4.04. The molecule has 2 aromatic rings. The lowest BCUT2D eigenvalue weighted by Crippen LogP contribution is -2.53. The lowest BCUT2D eigenvalue weighted by Gasteiger charge is -2.33. The summed E-state index contributed by atoms with van der Waals surface area (Å²) in [4.78, 5) is 28.3. The van der Waals surface area contributed by atoms with Crippen molar-refractivity contribution in [2.75, 3.05) is 24.2 Å². The number of anilines is 1. The first-order chi connectivity index (χ1) is 17.7. The van der Waals surface area contributed by atoms with Crippen LogP contribution in [0.5, 0.6) is 5.75 Å². The summed E-state index contributed by atoms with van der Waals surface area (Å²) >= 11 is 12.8. The highest BCUT2D eigenvalue weighted by Crippen LogP contribution is 2.30. The first-order valence-electron chi connectivity index (χ1n) is 12.3. The van der Waals surface area contributed by atoms with Crippen molar-refractivity contribution in [1.82, 2.24) is 10.2 Å². The Labute approximate surface area is 236 Å². The normalized spacial score (nSPS) is 12.5. The third kappa shape index (κ3) is 8.78. The van der Waals surface area contributed by atoms with Gasteiger partial charge in [-0.15, -0.1) is 0 Å². The number of hydrogen-bond acceptors (Lipinski definition) is 5. The lowest BCUT2D eigenvalue weighted by molar-refractivity contribution is -0.142. The van der Waals surface area contributed by atoms with Crippen LogP contribution in [0.15, 0.2) is 42.5 Å². The van der Waals surface area contributed by atoms with Crippen molar-refractivity contribution >= 4 is 50.7 Å². The van der Waals surface area contributed by atoms with Crippen molar-refractivity contribution in [3.8, 4) is 5.75 Å². The van der Waals surface area contributed by atoms with Crippen LogP contribution in [0.1, 0.15) is 52.5 Å². The third-order valence-electron chi connectivity index (χ3n) is 5.78. The summed E-state index contributed by atoms with van der Waals surface area (Å²) in [6.07, 6.45) is 1.69. The van der Waals surface area contributed by atoms with Gasteiger partial charge in [0.15, 0.2) is 0 Å². The summed E-state index contributed by atoms with van der Waals surface area (Å²) in [6.45, 7) is 7.52. The van der Waals surface area contributed by atoms with Crippen molar-refractivity contribution in [2.24, 2.45) is 0 Å². The van der Waals surface area contributed by atoms with E-state index in [1.165, 1.54) is 16.3 Å². The summed E-state index contributed by atoms with van der Waals surface area (Å²) < 4.78 is 31.7. The van der Waals surface area contributed by atoms with E-state index in [9.17, 15) is 18.0 Å². The summed E-state index contributed by atoms with van der Waals surface area (Å²) in [5, 5.41) is 3.73. The Morgan fingerprint density at radius 3 is 2.18 bits per heavy atom. The molecule has 11 heteroatoms. The number of para-hydroxylation sites is 2. The van der Waals surface area contributed by atoms with Crippen LogP contribution in [-0.2, 0) is 26.2 Å². The monoisotopic (exact) mass is 585 g/mol. The summed E-state index contributed by atoms with van der Waals surface area (Å²) in [5.74, 6) is -0.196. The fourth-order valence-corrected chi connectivity index (χ4v) is 5.53. The zero-order valence-electron chi connectivity index (χ0n) is 22.8. The van der Waals surface area contributed by atoms with Crippen molar-refractivity contribution in [3.63, 3.8) is 0 Å². The molecule has 0 radical (unpaired) electrons. The second-order valence-electron chi connectivity index (χ2n) is 10.00. The molecule has 0 fully saturated rings. The van der Waals surface area contributed by atoms with Crippen LogP contribution < -0.4 is 14.4 Å². The average Bonchev–Trinajstić information content (AvgIpc) is 2.81. The quantitative estimate of drug-likeness (QED) is 0.366. The van der Waals surface area contributed by atoms with Crippen molar-refractivity contribution in [2.45, 2.75) is 65.1 Å². The minimum atomic E-state index is -3.65. The second kappa shape index (κ2) is 13.5. The standard InChI is InChI=1S/C27H37Cl2N3O5S/c1-7-22(26(34)30-27(2,3)4)31(18-19-20(28)12-10-13-21(19)29)25(33)16-11-17-32(38(6,35)36)23-14-8-9-15-24(23)37-5/h8-10,12-15,22H,7,11,16-18H2,1-6H3,(H,30,34). The predicted molar refractivity (Wildman–Crippen MR) is 153 cm³/mol. The van der Waals surface area contributed by atoms with Crippen LogP contribution in [0, 0.1) is 0 Å². The highest BCUT2D eigenvalue weighted by atomic mass is 35.5. The molecule has 0 saturated carbocycles. The zero-order valence-corrected chi connectivity index (χ0v) is 25.1. The summed E-state index contributed by atoms with van der Waals surface area (Å²) in [7, 11) is -2.19. The molecule has 1 N–H and O–H groups in total. The second-order valence-corrected chi connectivity index (χ2v) is 12.7. The van der Waals surface area contributed by atoms with Gasteiger partial charge < -0.3 is 15.0 Å². The summed E-state index contributed by atoms with van der Waals surface area (Å²) in [5.41, 5.74) is 0.435. The molecule has 1 unspecified atom stereocenters. The number of nitrogens with one attached hydrogen (secondary N) is 1. The Morgan fingerprint density at radius 2 is 1.66 bits per heavy atom. The number of nitrogens with zero attached hydrogens (tertiary/aromatic N) is 2. The Hall–Kier alpha value is -2.49. The van der Waals surface area contributed by atoms with Gasteiger partial charge in [0.05, 0.1) is 19.1 Å². The van der Waals surface area contributed by atoms with Crippen LogP contribution in [0.4, 0.5) is 5.69 Å². The van der Waals surface area contributed by atoms with Gasteiger partial charge in [0.25, 0.3) is 0 Å². The number of carbonyl (C=O) groups excluding carboxylic acids is 2. The fraction of sp³-hybridized carbons (Fsp3) is 0.481. The van der Waals surface area contributed by atoms with E-state index in [4.69, 9.17) is 27.9 Å². The molecule has 0 aliphatic rings. The number of hydrogen-bond donors (Lipinski definition) is 1. The maximum atomic E-state index is 13.6. The topological polar surface area (TPSA) is 96.0 Å². The first kappa shape index (κ1) is 31.7. The van der Waals surface area contributed by atoms with Gasteiger partial charge >= 0.3 is 0 Å². The molecular formula is C27H37Cl2N3O5S. The van der Waals surface area contributed by atoms with E-state index in [1.807, 2.05) is 27.7 Å². The molecule has 0 aliphatic heterocycles. The highest BCUT2D eigenvalue weighted by Gasteiger charge is 2.31. The lowest BCUT2D eigenvalue weighted by atomic mass is 10.0. The minimum Gasteiger partial charge on any atom is -0.495 e. The number of benzene rings is 2. The molecule has 0 saturated heterocycles. The molecule has 2 aromatic carbocycles. The molecule has 38 heavy (non-hydrogen) atoms. The van der Waals surface area contributed by atoms with Gasteiger partial charge in [-0.05, 0) is 57.9 Å². The molecule has 8 nitrogen and oxygen atoms in total. The van der Waals surface area contributed by atoms with E-state index in [-0.39, 0.29) is 37.7 Å². The molecule has 1 atom stereocenters. The molecule has 0 heterocycles. The van der Waals surface area contributed by atoms with Gasteiger partial charge in [0.1, 0.15) is 11.8 Å². The van der Waals surface area contributed by atoms with Crippen LogP contribution in [0.3, 0.4) is 0 Å². The number of methoxy groups -OCH3 is 1. The van der Waals surface area contributed by atoms with Gasteiger partial charge in [-0.25, -0.2) is 8.42 Å². The van der Waals surface area contributed by atoms with Crippen LogP contribution in [0.25, 0.3) is 0 Å². The Morgan fingerprint density at radius 1 is 1.05 bits per heavy atom. The van der Waals surface area contributed by atoms with Crippen molar-refractivity contribution < 1.29 is 22.7 Å². The number of carbonyl (C=O) groups is 2. The number of sulfonamides is 1. The average molecular weight is 587 g/mol. The van der Waals surface area contributed by atoms with Crippen LogP contribution >= 0.6 is 23.2 Å². The van der Waals surface area contributed by atoms with Gasteiger partial charge in [-0.2, -0.15) is 0 Å². The van der Waals surface area contributed by atoms with E-state index in [1.54, 1.807) is 42.5 Å². The summed E-state index contributed by atoms with van der Waals surface area (Å²) in [6, 6.07) is 11.1. The molecule has 0 aliphatic carbocycles. The molecule has 210 valence electrons. The Kier molecular flexibility index (Phi) is 11.3. The van der Waals surface area contributed by atoms with Gasteiger partial charge in [0, 0.05) is 40.7 Å². The largest absolute Gasteiger partial charge is 0.495 e. The first-order valence-corrected chi connectivity index (χ1v) is 14.9. The maximum absolute atomic E-state index is 13.6.